The third-order valence-electron chi connectivity index (χ3n) is 6.81. The number of rotatable bonds is 8. The Morgan fingerprint density at radius 3 is 2.51 bits per heavy atom. The lowest BCUT2D eigenvalue weighted by Gasteiger charge is -2.19. The Morgan fingerprint density at radius 2 is 1.81 bits per heavy atom. The third kappa shape index (κ3) is 5.40. The standard InChI is InChI=1S/C29H29FO7/c1-16-7-22(37-27-15-34-14-25(27)31)8-17(2)29(16)18-3-6-24(30)20(9-18)13-35-21-4-5-23-19(10-28(32)33)12-36-26(23)11-21/h3-9,11,19,25,27,31H,10,12-15H2,1-2H3,(H,32,33)/t19-,25?,27?/m1/s1. The Hall–Kier alpha value is -3.62. The van der Waals surface area contributed by atoms with Crippen LogP contribution in [0, 0.1) is 19.7 Å². The largest absolute Gasteiger partial charge is 0.492 e. The van der Waals surface area contributed by atoms with Crippen LogP contribution in [0.2, 0.25) is 0 Å². The maximum Gasteiger partial charge on any atom is 0.304 e. The predicted molar refractivity (Wildman–Crippen MR) is 134 cm³/mol. The maximum atomic E-state index is 14.7. The molecule has 0 radical (unpaired) electrons. The summed E-state index contributed by atoms with van der Waals surface area (Å²) in [5, 5.41) is 19.0. The van der Waals surface area contributed by atoms with E-state index in [0.717, 1.165) is 27.8 Å². The van der Waals surface area contributed by atoms with E-state index in [1.165, 1.54) is 6.07 Å². The Bertz CT molecular complexity index is 1300. The van der Waals surface area contributed by atoms with E-state index >= 15 is 0 Å². The zero-order valence-corrected chi connectivity index (χ0v) is 20.7. The second kappa shape index (κ2) is 10.4. The van der Waals surface area contributed by atoms with Crippen LogP contribution in [0.25, 0.3) is 11.1 Å². The molecule has 0 amide bonds. The Kier molecular flexibility index (Phi) is 7.04. The number of hydrogen-bond acceptors (Lipinski definition) is 6. The van der Waals surface area contributed by atoms with Gasteiger partial charge in [0.15, 0.2) is 0 Å². The van der Waals surface area contributed by atoms with E-state index in [1.807, 2.05) is 32.0 Å². The number of benzene rings is 3. The number of halogens is 1. The number of carbonyl (C=O) groups is 1. The number of aliphatic hydroxyl groups is 1. The molecule has 1 saturated heterocycles. The van der Waals surface area contributed by atoms with Gasteiger partial charge in [0.25, 0.3) is 0 Å². The second-order valence-electron chi connectivity index (χ2n) is 9.59. The normalized spacial score (nSPS) is 20.4. The van der Waals surface area contributed by atoms with Crippen molar-refractivity contribution in [1.82, 2.24) is 0 Å². The lowest BCUT2D eigenvalue weighted by Crippen LogP contribution is -2.29. The topological polar surface area (TPSA) is 94.5 Å². The van der Waals surface area contributed by atoms with Crippen LogP contribution in [0.5, 0.6) is 17.2 Å². The zero-order valence-electron chi connectivity index (χ0n) is 20.7. The number of carboxylic acids is 1. The van der Waals surface area contributed by atoms with Crippen molar-refractivity contribution in [2.75, 3.05) is 19.8 Å². The van der Waals surface area contributed by atoms with Gasteiger partial charge in [0.05, 0.1) is 26.2 Å². The van der Waals surface area contributed by atoms with Crippen LogP contribution in [0.1, 0.15) is 34.6 Å². The summed E-state index contributed by atoms with van der Waals surface area (Å²) in [5.41, 5.74) is 5.03. The van der Waals surface area contributed by atoms with Gasteiger partial charge < -0.3 is 29.2 Å². The Morgan fingerprint density at radius 1 is 1.03 bits per heavy atom. The van der Waals surface area contributed by atoms with E-state index in [9.17, 15) is 14.3 Å². The van der Waals surface area contributed by atoms with E-state index in [2.05, 4.69) is 0 Å². The molecule has 0 aliphatic carbocycles. The minimum Gasteiger partial charge on any atom is -0.492 e. The average Bonchev–Trinajstić information content (AvgIpc) is 3.43. The van der Waals surface area contributed by atoms with Crippen molar-refractivity contribution in [2.24, 2.45) is 0 Å². The molecule has 3 aromatic carbocycles. The molecule has 7 nitrogen and oxygen atoms in total. The van der Waals surface area contributed by atoms with Gasteiger partial charge in [-0.2, -0.15) is 0 Å². The van der Waals surface area contributed by atoms with E-state index in [-0.39, 0.29) is 31.4 Å². The summed E-state index contributed by atoms with van der Waals surface area (Å²) >= 11 is 0. The molecule has 37 heavy (non-hydrogen) atoms. The highest BCUT2D eigenvalue weighted by Crippen LogP contribution is 2.39. The van der Waals surface area contributed by atoms with Crippen molar-refractivity contribution in [2.45, 2.75) is 45.0 Å². The molecule has 0 saturated carbocycles. The minimum atomic E-state index is -0.869. The van der Waals surface area contributed by atoms with Crippen molar-refractivity contribution in [3.05, 3.63) is 76.6 Å². The number of ether oxygens (including phenoxy) is 4. The average molecular weight is 509 g/mol. The first-order chi connectivity index (χ1) is 17.8. The monoisotopic (exact) mass is 508 g/mol. The van der Waals surface area contributed by atoms with Crippen molar-refractivity contribution < 1.29 is 38.3 Å². The van der Waals surface area contributed by atoms with Crippen LogP contribution in [-0.4, -0.2) is 48.2 Å². The van der Waals surface area contributed by atoms with E-state index < -0.39 is 18.2 Å². The first-order valence-electron chi connectivity index (χ1n) is 12.2. The number of hydrogen-bond donors (Lipinski definition) is 2. The Balaban J connectivity index is 1.31. The zero-order chi connectivity index (χ0) is 26.1. The minimum absolute atomic E-state index is 0.00803. The number of aliphatic carboxylic acids is 1. The molecule has 2 aliphatic rings. The highest BCUT2D eigenvalue weighted by molar-refractivity contribution is 5.72. The van der Waals surface area contributed by atoms with Gasteiger partial charge >= 0.3 is 5.97 Å². The summed E-state index contributed by atoms with van der Waals surface area (Å²) < 4.78 is 37.4. The van der Waals surface area contributed by atoms with Crippen molar-refractivity contribution in [3.8, 4) is 28.4 Å². The molecule has 5 rings (SSSR count). The Labute approximate surface area is 214 Å². The van der Waals surface area contributed by atoms with Gasteiger partial charge in [0.1, 0.15) is 41.9 Å². The van der Waals surface area contributed by atoms with Crippen LogP contribution in [-0.2, 0) is 16.1 Å². The predicted octanol–water partition coefficient (Wildman–Crippen LogP) is 4.78. The molecule has 2 heterocycles. The first-order valence-corrected chi connectivity index (χ1v) is 12.2. The quantitative estimate of drug-likeness (QED) is 0.452. The lowest BCUT2D eigenvalue weighted by molar-refractivity contribution is -0.137. The molecule has 0 aromatic heterocycles. The van der Waals surface area contributed by atoms with Gasteiger partial charge in [-0.1, -0.05) is 12.1 Å². The first kappa shape index (κ1) is 25.0. The SMILES string of the molecule is Cc1cc(OC2COCC2O)cc(C)c1-c1ccc(F)c(COc2ccc3c(c2)OC[C@H]3CC(=O)O)c1. The lowest BCUT2D eigenvalue weighted by atomic mass is 9.94. The van der Waals surface area contributed by atoms with Gasteiger partial charge in [-0.3, -0.25) is 4.79 Å². The molecule has 3 atom stereocenters. The van der Waals surface area contributed by atoms with Crippen molar-refractivity contribution in [3.63, 3.8) is 0 Å². The fraction of sp³-hybridized carbons (Fsp3) is 0.345. The molecule has 194 valence electrons. The van der Waals surface area contributed by atoms with Gasteiger partial charge in [-0.25, -0.2) is 4.39 Å². The van der Waals surface area contributed by atoms with E-state index in [0.29, 0.717) is 36.0 Å². The molecular weight excluding hydrogens is 479 g/mol. The summed E-state index contributed by atoms with van der Waals surface area (Å²) in [5.74, 6) is 0.355. The summed E-state index contributed by atoms with van der Waals surface area (Å²) in [6.45, 7) is 4.90. The van der Waals surface area contributed by atoms with Gasteiger partial charge in [0, 0.05) is 23.1 Å². The fourth-order valence-electron chi connectivity index (χ4n) is 4.99. The van der Waals surface area contributed by atoms with Crippen LogP contribution in [0.4, 0.5) is 4.39 Å². The third-order valence-corrected chi connectivity index (χ3v) is 6.81. The highest BCUT2D eigenvalue weighted by atomic mass is 19.1. The number of aliphatic hydroxyl groups excluding tert-OH is 1. The molecular formula is C29H29FO7. The molecule has 8 heteroatoms. The second-order valence-corrected chi connectivity index (χ2v) is 9.59. The number of aryl methyl sites for hydroxylation is 2. The highest BCUT2D eigenvalue weighted by Gasteiger charge is 2.29. The van der Waals surface area contributed by atoms with Gasteiger partial charge in [-0.05, 0) is 66.4 Å². The summed E-state index contributed by atoms with van der Waals surface area (Å²) in [6, 6.07) is 14.1. The van der Waals surface area contributed by atoms with Crippen LogP contribution >= 0.6 is 0 Å². The number of carboxylic acid groups (broad SMARTS) is 1. The molecule has 2 unspecified atom stereocenters. The summed E-state index contributed by atoms with van der Waals surface area (Å²) in [4.78, 5) is 11.1. The number of fused-ring (bicyclic) bond motifs is 1. The molecule has 1 fully saturated rings. The maximum absolute atomic E-state index is 14.7. The summed E-state index contributed by atoms with van der Waals surface area (Å²) in [6.07, 6.45) is -1.04. The molecule has 0 spiro atoms. The van der Waals surface area contributed by atoms with E-state index in [1.54, 1.807) is 24.3 Å². The molecule has 2 N–H and O–H groups in total. The molecule has 2 aliphatic heterocycles. The van der Waals surface area contributed by atoms with Crippen molar-refractivity contribution >= 4 is 5.97 Å². The van der Waals surface area contributed by atoms with Crippen LogP contribution in [0.3, 0.4) is 0 Å². The molecule has 0 bridgehead atoms. The smallest absolute Gasteiger partial charge is 0.304 e. The summed E-state index contributed by atoms with van der Waals surface area (Å²) in [7, 11) is 0. The van der Waals surface area contributed by atoms with Gasteiger partial charge in [-0.15, -0.1) is 0 Å². The van der Waals surface area contributed by atoms with Gasteiger partial charge in [0.2, 0.25) is 0 Å². The van der Waals surface area contributed by atoms with Crippen molar-refractivity contribution in [1.29, 1.82) is 0 Å². The van der Waals surface area contributed by atoms with E-state index in [4.69, 9.17) is 24.1 Å². The van der Waals surface area contributed by atoms with Crippen LogP contribution < -0.4 is 14.2 Å². The molecule has 3 aromatic rings. The fourth-order valence-corrected chi connectivity index (χ4v) is 4.99. The van der Waals surface area contributed by atoms with Crippen LogP contribution in [0.15, 0.2) is 48.5 Å².